The number of nitrogens with one attached hydrogen (secondary N) is 1. The molecule has 0 spiro atoms. The van der Waals surface area contributed by atoms with Gasteiger partial charge in [-0.1, -0.05) is 0 Å². The molecular formula is C8H9FN2O2. The summed E-state index contributed by atoms with van der Waals surface area (Å²) in [5.41, 5.74) is 0. The smallest absolute Gasteiger partial charge is 0.325 e. The summed E-state index contributed by atoms with van der Waals surface area (Å²) in [4.78, 5) is 14.1. The van der Waals surface area contributed by atoms with Crippen molar-refractivity contribution < 1.29 is 14.3 Å². The minimum absolute atomic E-state index is 0.0441. The maximum Gasteiger partial charge on any atom is 0.325 e. The highest BCUT2D eigenvalue weighted by Gasteiger charge is 2.12. The Morgan fingerprint density at radius 1 is 1.77 bits per heavy atom. The Morgan fingerprint density at radius 2 is 2.46 bits per heavy atom. The molecule has 2 N–H and O–H groups in total. The summed E-state index contributed by atoms with van der Waals surface area (Å²) in [6.07, 6.45) is 1.39. The average molecular weight is 184 g/mol. The summed E-state index contributed by atoms with van der Waals surface area (Å²) in [5, 5.41) is 10.9. The number of carboxylic acids is 1. The predicted molar refractivity (Wildman–Crippen MR) is 44.9 cm³/mol. The number of hydrogen-bond acceptors (Lipinski definition) is 3. The monoisotopic (exact) mass is 184 g/mol. The molecule has 70 valence electrons. The molecule has 0 unspecified atom stereocenters. The first-order valence-electron chi connectivity index (χ1n) is 3.71. The van der Waals surface area contributed by atoms with Crippen LogP contribution in [0.2, 0.25) is 0 Å². The van der Waals surface area contributed by atoms with E-state index in [-0.39, 0.29) is 5.82 Å². The molecule has 1 aromatic heterocycles. The number of nitrogens with zero attached hydrogens (tertiary/aromatic N) is 1. The standard InChI is InChI=1S/C8H9FN2O2/c1-5(8(12)13)11-7-6(9)3-2-4-10-7/h2-5H,1H3,(H,10,11)(H,12,13)/t5-/m1/s1. The molecule has 0 aliphatic carbocycles. The molecule has 13 heavy (non-hydrogen) atoms. The summed E-state index contributed by atoms with van der Waals surface area (Å²) >= 11 is 0. The zero-order valence-corrected chi connectivity index (χ0v) is 6.99. The minimum atomic E-state index is -1.05. The Kier molecular flexibility index (Phi) is 2.79. The van der Waals surface area contributed by atoms with E-state index in [0.29, 0.717) is 0 Å². The summed E-state index contributed by atoms with van der Waals surface area (Å²) in [7, 11) is 0. The number of anilines is 1. The zero-order chi connectivity index (χ0) is 9.84. The van der Waals surface area contributed by atoms with Crippen molar-refractivity contribution in [3.8, 4) is 0 Å². The van der Waals surface area contributed by atoms with Gasteiger partial charge in [0.25, 0.3) is 0 Å². The Bertz CT molecular complexity index is 317. The van der Waals surface area contributed by atoms with E-state index >= 15 is 0 Å². The fraction of sp³-hybridized carbons (Fsp3) is 0.250. The lowest BCUT2D eigenvalue weighted by Crippen LogP contribution is -2.26. The van der Waals surface area contributed by atoms with Gasteiger partial charge in [-0.15, -0.1) is 0 Å². The SMILES string of the molecule is C[C@@H](Nc1ncccc1F)C(=O)O. The summed E-state index contributed by atoms with van der Waals surface area (Å²) < 4.78 is 12.9. The summed E-state index contributed by atoms with van der Waals surface area (Å²) in [6, 6.07) is 1.79. The molecule has 4 nitrogen and oxygen atoms in total. The number of carboxylic acid groups (broad SMARTS) is 1. The molecular weight excluding hydrogens is 175 g/mol. The minimum Gasteiger partial charge on any atom is -0.480 e. The zero-order valence-electron chi connectivity index (χ0n) is 6.99. The van der Waals surface area contributed by atoms with Crippen LogP contribution in [0.5, 0.6) is 0 Å². The molecule has 0 aromatic carbocycles. The molecule has 1 atom stereocenters. The van der Waals surface area contributed by atoms with Crippen molar-refractivity contribution in [2.24, 2.45) is 0 Å². The lowest BCUT2D eigenvalue weighted by Gasteiger charge is -2.09. The van der Waals surface area contributed by atoms with Crippen molar-refractivity contribution in [2.75, 3.05) is 5.32 Å². The van der Waals surface area contributed by atoms with Gasteiger partial charge in [-0.25, -0.2) is 9.37 Å². The van der Waals surface area contributed by atoms with Crippen molar-refractivity contribution >= 4 is 11.8 Å². The number of pyridine rings is 1. The third-order valence-corrected chi connectivity index (χ3v) is 1.48. The first kappa shape index (κ1) is 9.44. The second kappa shape index (κ2) is 3.84. The third kappa shape index (κ3) is 2.40. The average Bonchev–Trinajstić information content (AvgIpc) is 2.08. The second-order valence-electron chi connectivity index (χ2n) is 2.54. The number of carbonyl (C=O) groups is 1. The van der Waals surface area contributed by atoms with Crippen molar-refractivity contribution in [2.45, 2.75) is 13.0 Å². The van der Waals surface area contributed by atoms with Gasteiger partial charge in [-0.2, -0.15) is 0 Å². The number of halogens is 1. The molecule has 5 heteroatoms. The fourth-order valence-electron chi connectivity index (χ4n) is 0.759. The van der Waals surface area contributed by atoms with E-state index in [9.17, 15) is 9.18 Å². The molecule has 0 bridgehead atoms. The third-order valence-electron chi connectivity index (χ3n) is 1.48. The molecule has 0 amide bonds. The van der Waals surface area contributed by atoms with Crippen LogP contribution >= 0.6 is 0 Å². The normalized spacial score (nSPS) is 12.2. The van der Waals surface area contributed by atoms with Gasteiger partial charge in [0.05, 0.1) is 0 Å². The van der Waals surface area contributed by atoms with Crippen LogP contribution in [0.1, 0.15) is 6.92 Å². The maximum absolute atomic E-state index is 12.9. The Morgan fingerprint density at radius 3 is 3.00 bits per heavy atom. The van der Waals surface area contributed by atoms with Crippen molar-refractivity contribution in [3.63, 3.8) is 0 Å². The van der Waals surface area contributed by atoms with Crippen LogP contribution in [-0.4, -0.2) is 22.1 Å². The Labute approximate surface area is 74.4 Å². The van der Waals surface area contributed by atoms with E-state index in [1.807, 2.05) is 0 Å². The molecule has 0 radical (unpaired) electrons. The highest BCUT2D eigenvalue weighted by atomic mass is 19.1. The molecule has 0 aliphatic heterocycles. The predicted octanol–water partition coefficient (Wildman–Crippen LogP) is 1.11. The van der Waals surface area contributed by atoms with Crippen LogP contribution in [0.15, 0.2) is 18.3 Å². The molecule has 1 aromatic rings. The van der Waals surface area contributed by atoms with Gasteiger partial charge in [0.15, 0.2) is 11.6 Å². The van der Waals surface area contributed by atoms with Crippen LogP contribution in [0.4, 0.5) is 10.2 Å². The van der Waals surface area contributed by atoms with Gasteiger partial charge >= 0.3 is 5.97 Å². The summed E-state index contributed by atoms with van der Waals surface area (Å²) in [5.74, 6) is -1.65. The molecule has 0 saturated heterocycles. The van der Waals surface area contributed by atoms with Gasteiger partial charge in [0.1, 0.15) is 6.04 Å². The van der Waals surface area contributed by atoms with E-state index < -0.39 is 17.8 Å². The van der Waals surface area contributed by atoms with E-state index in [1.54, 1.807) is 0 Å². The van der Waals surface area contributed by atoms with Crippen LogP contribution in [0.25, 0.3) is 0 Å². The number of hydrogen-bond donors (Lipinski definition) is 2. The molecule has 0 aliphatic rings. The van der Waals surface area contributed by atoms with Crippen molar-refractivity contribution in [1.29, 1.82) is 0 Å². The first-order valence-corrected chi connectivity index (χ1v) is 3.71. The lowest BCUT2D eigenvalue weighted by molar-refractivity contribution is -0.137. The quantitative estimate of drug-likeness (QED) is 0.738. The van der Waals surface area contributed by atoms with Crippen LogP contribution in [0, 0.1) is 5.82 Å². The van der Waals surface area contributed by atoms with Gasteiger partial charge in [-0.05, 0) is 19.1 Å². The maximum atomic E-state index is 12.9. The van der Waals surface area contributed by atoms with Gasteiger partial charge in [0.2, 0.25) is 0 Å². The van der Waals surface area contributed by atoms with E-state index in [4.69, 9.17) is 5.11 Å². The van der Waals surface area contributed by atoms with Gasteiger partial charge in [0, 0.05) is 6.20 Å². The summed E-state index contributed by atoms with van der Waals surface area (Å²) in [6.45, 7) is 1.41. The topological polar surface area (TPSA) is 62.2 Å². The highest BCUT2D eigenvalue weighted by molar-refractivity contribution is 5.76. The highest BCUT2D eigenvalue weighted by Crippen LogP contribution is 2.09. The molecule has 0 saturated carbocycles. The van der Waals surface area contributed by atoms with E-state index in [2.05, 4.69) is 10.3 Å². The van der Waals surface area contributed by atoms with E-state index in [1.165, 1.54) is 25.3 Å². The van der Waals surface area contributed by atoms with Gasteiger partial charge < -0.3 is 10.4 Å². The molecule has 0 fully saturated rings. The van der Waals surface area contributed by atoms with E-state index in [0.717, 1.165) is 0 Å². The van der Waals surface area contributed by atoms with Crippen LogP contribution in [-0.2, 0) is 4.79 Å². The van der Waals surface area contributed by atoms with Crippen LogP contribution in [0.3, 0.4) is 0 Å². The molecule has 1 heterocycles. The Hall–Kier alpha value is -1.65. The number of aliphatic carboxylic acids is 1. The number of aromatic nitrogens is 1. The van der Waals surface area contributed by atoms with Crippen LogP contribution < -0.4 is 5.32 Å². The molecule has 1 rings (SSSR count). The number of rotatable bonds is 3. The fourth-order valence-corrected chi connectivity index (χ4v) is 0.759. The second-order valence-corrected chi connectivity index (χ2v) is 2.54. The first-order chi connectivity index (χ1) is 6.11. The van der Waals surface area contributed by atoms with Crippen molar-refractivity contribution in [3.05, 3.63) is 24.1 Å². The van der Waals surface area contributed by atoms with Gasteiger partial charge in [-0.3, -0.25) is 4.79 Å². The largest absolute Gasteiger partial charge is 0.480 e. The lowest BCUT2D eigenvalue weighted by atomic mass is 10.3. The van der Waals surface area contributed by atoms with Crippen molar-refractivity contribution in [1.82, 2.24) is 4.98 Å². The Balaban J connectivity index is 2.74.